The molecular weight excluding hydrogens is 200 g/mol. The lowest BCUT2D eigenvalue weighted by Gasteiger charge is -2.18. The number of rotatable bonds is 8. The summed E-state index contributed by atoms with van der Waals surface area (Å²) in [4.78, 5) is 2.45. The van der Waals surface area contributed by atoms with Crippen LogP contribution in [0, 0.1) is 0 Å². The normalized spacial score (nSPS) is 13.2. The Kier molecular flexibility index (Phi) is 6.11. The second kappa shape index (κ2) is 7.41. The lowest BCUT2D eigenvalue weighted by molar-refractivity contribution is 0.296. The Labute approximate surface area is 98.4 Å². The Morgan fingerprint density at radius 1 is 1.44 bits per heavy atom. The molecule has 1 heterocycles. The van der Waals surface area contributed by atoms with E-state index >= 15 is 0 Å². The van der Waals surface area contributed by atoms with Crippen LogP contribution in [0.15, 0.2) is 12.3 Å². The van der Waals surface area contributed by atoms with Gasteiger partial charge in [0.2, 0.25) is 0 Å². The van der Waals surface area contributed by atoms with Crippen molar-refractivity contribution in [2.24, 2.45) is 0 Å². The predicted octanol–water partition coefficient (Wildman–Crippen LogP) is 1.79. The molecule has 0 aliphatic carbocycles. The first kappa shape index (κ1) is 13.2. The van der Waals surface area contributed by atoms with Gasteiger partial charge in [-0.1, -0.05) is 13.8 Å². The fourth-order valence-electron chi connectivity index (χ4n) is 1.78. The third-order valence-corrected chi connectivity index (χ3v) is 2.98. The Morgan fingerprint density at radius 3 is 2.75 bits per heavy atom. The minimum absolute atomic E-state index is 0.360. The molecule has 0 aliphatic heterocycles. The van der Waals surface area contributed by atoms with Crippen LogP contribution in [0.25, 0.3) is 0 Å². The molecule has 92 valence electrons. The molecule has 0 fully saturated rings. The molecule has 1 unspecified atom stereocenters. The van der Waals surface area contributed by atoms with Gasteiger partial charge in [-0.05, 0) is 45.6 Å². The average Bonchev–Trinajstić information content (AvgIpc) is 2.82. The van der Waals surface area contributed by atoms with Gasteiger partial charge in [-0.15, -0.1) is 0 Å². The SMILES string of the molecule is CCN(CC)CCCNC(C)c1ccn[nH]1. The van der Waals surface area contributed by atoms with E-state index in [0.717, 1.165) is 25.3 Å². The summed E-state index contributed by atoms with van der Waals surface area (Å²) in [5.41, 5.74) is 1.16. The number of aromatic amines is 1. The molecule has 1 aromatic heterocycles. The quantitative estimate of drug-likeness (QED) is 0.662. The van der Waals surface area contributed by atoms with E-state index in [2.05, 4.69) is 41.2 Å². The molecule has 2 N–H and O–H groups in total. The number of nitrogens with one attached hydrogen (secondary N) is 2. The van der Waals surface area contributed by atoms with Gasteiger partial charge in [0.1, 0.15) is 0 Å². The summed E-state index contributed by atoms with van der Waals surface area (Å²) in [7, 11) is 0. The summed E-state index contributed by atoms with van der Waals surface area (Å²) in [6.07, 6.45) is 2.99. The van der Waals surface area contributed by atoms with Crippen LogP contribution in [0.4, 0.5) is 0 Å². The predicted molar refractivity (Wildman–Crippen MR) is 67.4 cm³/mol. The van der Waals surface area contributed by atoms with Gasteiger partial charge in [-0.25, -0.2) is 0 Å². The molecule has 0 radical (unpaired) electrons. The van der Waals surface area contributed by atoms with Crippen molar-refractivity contribution in [1.29, 1.82) is 0 Å². The standard InChI is InChI=1S/C12H24N4/c1-4-16(5-2)10-6-8-13-11(3)12-7-9-14-15-12/h7,9,11,13H,4-6,8,10H2,1-3H3,(H,14,15). The van der Waals surface area contributed by atoms with Gasteiger partial charge in [0.05, 0.1) is 5.69 Å². The minimum Gasteiger partial charge on any atom is -0.309 e. The summed E-state index contributed by atoms with van der Waals surface area (Å²) >= 11 is 0. The molecular formula is C12H24N4. The van der Waals surface area contributed by atoms with Crippen molar-refractivity contribution in [2.75, 3.05) is 26.2 Å². The first-order valence-corrected chi connectivity index (χ1v) is 6.22. The Morgan fingerprint density at radius 2 is 2.19 bits per heavy atom. The lowest BCUT2D eigenvalue weighted by Crippen LogP contribution is -2.28. The van der Waals surface area contributed by atoms with Crippen molar-refractivity contribution in [3.63, 3.8) is 0 Å². The molecule has 0 bridgehead atoms. The van der Waals surface area contributed by atoms with Crippen LogP contribution >= 0.6 is 0 Å². The van der Waals surface area contributed by atoms with E-state index in [4.69, 9.17) is 0 Å². The molecule has 0 amide bonds. The molecule has 0 aromatic carbocycles. The van der Waals surface area contributed by atoms with Gasteiger partial charge < -0.3 is 10.2 Å². The van der Waals surface area contributed by atoms with Crippen LogP contribution in [-0.2, 0) is 0 Å². The van der Waals surface area contributed by atoms with E-state index in [9.17, 15) is 0 Å². The van der Waals surface area contributed by atoms with Gasteiger partial charge >= 0.3 is 0 Å². The van der Waals surface area contributed by atoms with E-state index in [1.807, 2.05) is 6.07 Å². The topological polar surface area (TPSA) is 44.0 Å². The van der Waals surface area contributed by atoms with Crippen LogP contribution in [-0.4, -0.2) is 41.3 Å². The Balaban J connectivity index is 2.11. The molecule has 1 atom stereocenters. The Hall–Kier alpha value is -0.870. The highest BCUT2D eigenvalue weighted by atomic mass is 15.1. The number of nitrogens with zero attached hydrogens (tertiary/aromatic N) is 2. The smallest absolute Gasteiger partial charge is 0.0518 e. The first-order valence-electron chi connectivity index (χ1n) is 6.22. The molecule has 0 saturated carbocycles. The monoisotopic (exact) mass is 224 g/mol. The summed E-state index contributed by atoms with van der Waals surface area (Å²) in [5.74, 6) is 0. The van der Waals surface area contributed by atoms with Crippen LogP contribution in [0.2, 0.25) is 0 Å². The van der Waals surface area contributed by atoms with Crippen LogP contribution in [0.5, 0.6) is 0 Å². The average molecular weight is 224 g/mol. The van der Waals surface area contributed by atoms with Gasteiger partial charge in [0.15, 0.2) is 0 Å². The molecule has 4 heteroatoms. The molecule has 0 saturated heterocycles. The molecule has 0 aliphatic rings. The second-order valence-corrected chi connectivity index (χ2v) is 4.07. The largest absolute Gasteiger partial charge is 0.309 e. The van der Waals surface area contributed by atoms with E-state index in [0.29, 0.717) is 6.04 Å². The summed E-state index contributed by atoms with van der Waals surface area (Å²) in [6.45, 7) is 11.1. The maximum absolute atomic E-state index is 3.95. The van der Waals surface area contributed by atoms with Gasteiger partial charge in [0.25, 0.3) is 0 Å². The minimum atomic E-state index is 0.360. The maximum Gasteiger partial charge on any atom is 0.0518 e. The maximum atomic E-state index is 3.95. The van der Waals surface area contributed by atoms with Gasteiger partial charge in [-0.2, -0.15) is 5.10 Å². The third kappa shape index (κ3) is 4.33. The molecule has 0 spiro atoms. The van der Waals surface area contributed by atoms with Gasteiger partial charge in [0, 0.05) is 12.2 Å². The summed E-state index contributed by atoms with van der Waals surface area (Å²) < 4.78 is 0. The molecule has 4 nitrogen and oxygen atoms in total. The summed E-state index contributed by atoms with van der Waals surface area (Å²) in [5, 5.41) is 10.4. The molecule has 1 rings (SSSR count). The third-order valence-electron chi connectivity index (χ3n) is 2.98. The highest BCUT2D eigenvalue weighted by molar-refractivity contribution is 5.02. The molecule has 16 heavy (non-hydrogen) atoms. The van der Waals surface area contributed by atoms with E-state index < -0.39 is 0 Å². The van der Waals surface area contributed by atoms with Crippen molar-refractivity contribution >= 4 is 0 Å². The number of H-pyrrole nitrogens is 1. The van der Waals surface area contributed by atoms with Crippen molar-refractivity contribution in [2.45, 2.75) is 33.2 Å². The van der Waals surface area contributed by atoms with Crippen molar-refractivity contribution in [3.05, 3.63) is 18.0 Å². The zero-order valence-electron chi connectivity index (χ0n) is 10.7. The van der Waals surface area contributed by atoms with E-state index in [1.165, 1.54) is 13.0 Å². The number of hydrogen-bond donors (Lipinski definition) is 2. The van der Waals surface area contributed by atoms with Crippen molar-refractivity contribution in [1.82, 2.24) is 20.4 Å². The second-order valence-electron chi connectivity index (χ2n) is 4.07. The van der Waals surface area contributed by atoms with Crippen LogP contribution < -0.4 is 5.32 Å². The summed E-state index contributed by atoms with van der Waals surface area (Å²) in [6, 6.07) is 2.38. The van der Waals surface area contributed by atoms with Crippen molar-refractivity contribution in [3.8, 4) is 0 Å². The fourth-order valence-corrected chi connectivity index (χ4v) is 1.78. The lowest BCUT2D eigenvalue weighted by atomic mass is 10.2. The van der Waals surface area contributed by atoms with E-state index in [1.54, 1.807) is 6.20 Å². The first-order chi connectivity index (χ1) is 7.77. The van der Waals surface area contributed by atoms with Crippen molar-refractivity contribution < 1.29 is 0 Å². The zero-order chi connectivity index (χ0) is 11.8. The number of hydrogen-bond acceptors (Lipinski definition) is 3. The van der Waals surface area contributed by atoms with E-state index in [-0.39, 0.29) is 0 Å². The Bertz CT molecular complexity index is 254. The molecule has 1 aromatic rings. The fraction of sp³-hybridized carbons (Fsp3) is 0.750. The van der Waals surface area contributed by atoms with Gasteiger partial charge in [-0.3, -0.25) is 5.10 Å². The number of aromatic nitrogens is 2. The highest BCUT2D eigenvalue weighted by Crippen LogP contribution is 2.06. The highest BCUT2D eigenvalue weighted by Gasteiger charge is 2.05. The van der Waals surface area contributed by atoms with Crippen LogP contribution in [0.1, 0.15) is 38.9 Å². The zero-order valence-corrected chi connectivity index (χ0v) is 10.7. The van der Waals surface area contributed by atoms with Crippen LogP contribution in [0.3, 0.4) is 0 Å².